The van der Waals surface area contributed by atoms with E-state index in [0.29, 0.717) is 11.0 Å². The summed E-state index contributed by atoms with van der Waals surface area (Å²) in [6.45, 7) is 4.53. The lowest BCUT2D eigenvalue weighted by atomic mass is 10.2. The monoisotopic (exact) mass is 268 g/mol. The third-order valence-electron chi connectivity index (χ3n) is 2.37. The molecule has 0 aromatic rings. The van der Waals surface area contributed by atoms with Crippen molar-refractivity contribution in [3.8, 4) is 0 Å². The molecule has 0 aromatic heterocycles. The van der Waals surface area contributed by atoms with E-state index in [2.05, 4.69) is 0 Å². The molecule has 17 heavy (non-hydrogen) atoms. The molecule has 0 unspecified atom stereocenters. The van der Waals surface area contributed by atoms with E-state index in [1.165, 1.54) is 0 Å². The summed E-state index contributed by atoms with van der Waals surface area (Å²) in [5.74, 6) is -0.721. The SMILES string of the molecule is CC(C)C(=O)OCC[N+](C)(C)CCS(=O)(=O)O. The quantitative estimate of drug-likeness (QED) is 0.404. The van der Waals surface area contributed by atoms with Gasteiger partial charge in [-0.1, -0.05) is 13.8 Å². The van der Waals surface area contributed by atoms with Crippen molar-refractivity contribution >= 4 is 16.1 Å². The Kier molecular flexibility index (Phi) is 6.08. The second-order valence-corrected chi connectivity index (χ2v) is 6.56. The predicted molar refractivity (Wildman–Crippen MR) is 64.1 cm³/mol. The molecule has 0 saturated carbocycles. The number of carbonyl (C=O) groups is 1. The van der Waals surface area contributed by atoms with Crippen molar-refractivity contribution in [3.05, 3.63) is 0 Å². The Balaban J connectivity index is 3.98. The van der Waals surface area contributed by atoms with Crippen LogP contribution < -0.4 is 0 Å². The topological polar surface area (TPSA) is 80.7 Å². The second kappa shape index (κ2) is 6.32. The van der Waals surface area contributed by atoms with Gasteiger partial charge in [0.2, 0.25) is 0 Å². The molecule has 0 aliphatic carbocycles. The first-order chi connectivity index (χ1) is 7.53. The first-order valence-corrected chi connectivity index (χ1v) is 7.08. The Bertz CT molecular complexity index is 348. The minimum absolute atomic E-state index is 0.163. The van der Waals surface area contributed by atoms with Crippen LogP contribution in [0.4, 0.5) is 0 Å². The van der Waals surface area contributed by atoms with Crippen molar-refractivity contribution in [2.45, 2.75) is 13.8 Å². The number of carbonyl (C=O) groups excluding carboxylic acids is 1. The number of hydrogen-bond acceptors (Lipinski definition) is 4. The van der Waals surface area contributed by atoms with E-state index in [1.54, 1.807) is 13.8 Å². The van der Waals surface area contributed by atoms with Crippen LogP contribution in [0.15, 0.2) is 0 Å². The minimum atomic E-state index is -3.94. The molecule has 0 rings (SSSR count). The maximum absolute atomic E-state index is 11.2. The van der Waals surface area contributed by atoms with E-state index in [0.717, 1.165) is 0 Å². The molecule has 0 spiro atoms. The molecule has 6 nitrogen and oxygen atoms in total. The van der Waals surface area contributed by atoms with Gasteiger partial charge in [0.1, 0.15) is 18.9 Å². The lowest BCUT2D eigenvalue weighted by Crippen LogP contribution is -2.45. The molecular weight excluding hydrogens is 246 g/mol. The molecule has 0 bridgehead atoms. The Hall–Kier alpha value is -0.660. The molecule has 0 amide bonds. The summed E-state index contributed by atoms with van der Waals surface area (Å²) in [5, 5.41) is 0. The van der Waals surface area contributed by atoms with E-state index < -0.39 is 10.1 Å². The first kappa shape index (κ1) is 16.3. The summed E-state index contributed by atoms with van der Waals surface area (Å²) in [5.41, 5.74) is 0. The molecule has 0 heterocycles. The maximum atomic E-state index is 11.2. The molecular formula is C10H22NO5S+. The summed E-state index contributed by atoms with van der Waals surface area (Å²) in [6, 6.07) is 0. The molecule has 0 fully saturated rings. The van der Waals surface area contributed by atoms with Gasteiger partial charge in [-0.25, -0.2) is 0 Å². The summed E-state index contributed by atoms with van der Waals surface area (Å²) in [6.07, 6.45) is 0. The van der Waals surface area contributed by atoms with E-state index >= 15 is 0 Å². The summed E-state index contributed by atoms with van der Waals surface area (Å²) < 4.78 is 35.2. The fourth-order valence-corrected chi connectivity index (χ4v) is 1.76. The zero-order valence-corrected chi connectivity index (χ0v) is 11.7. The zero-order chi connectivity index (χ0) is 13.7. The zero-order valence-electron chi connectivity index (χ0n) is 10.8. The highest BCUT2D eigenvalue weighted by molar-refractivity contribution is 7.85. The van der Waals surface area contributed by atoms with Crippen LogP contribution in [-0.2, 0) is 19.6 Å². The fraction of sp³-hybridized carbons (Fsp3) is 0.900. The first-order valence-electron chi connectivity index (χ1n) is 5.47. The Labute approximate surface area is 103 Å². The second-order valence-electron chi connectivity index (χ2n) is 4.99. The van der Waals surface area contributed by atoms with Gasteiger partial charge < -0.3 is 9.22 Å². The predicted octanol–water partition coefficient (Wildman–Crippen LogP) is 0.150. The van der Waals surface area contributed by atoms with Gasteiger partial charge in [-0.15, -0.1) is 0 Å². The van der Waals surface area contributed by atoms with Gasteiger partial charge in [-0.2, -0.15) is 8.42 Å². The molecule has 7 heteroatoms. The number of ether oxygens (including phenoxy) is 1. The summed E-state index contributed by atoms with van der Waals surface area (Å²) in [4.78, 5) is 11.2. The molecule has 1 N–H and O–H groups in total. The van der Waals surface area contributed by atoms with Crippen LogP contribution in [0.25, 0.3) is 0 Å². The summed E-state index contributed by atoms with van der Waals surface area (Å²) >= 11 is 0. The molecule has 0 radical (unpaired) electrons. The van der Waals surface area contributed by atoms with Gasteiger partial charge >= 0.3 is 5.97 Å². The standard InChI is InChI=1S/C10H21NO5S/c1-9(2)10(12)16-7-5-11(3,4)6-8-17(13,14)15/h9H,5-8H2,1-4H3/p+1. The maximum Gasteiger partial charge on any atom is 0.308 e. The van der Waals surface area contributed by atoms with E-state index in [9.17, 15) is 13.2 Å². The van der Waals surface area contributed by atoms with Crippen LogP contribution in [-0.4, -0.2) is 63.0 Å². The van der Waals surface area contributed by atoms with Gasteiger partial charge in [0.15, 0.2) is 0 Å². The smallest absolute Gasteiger partial charge is 0.308 e. The number of hydrogen-bond donors (Lipinski definition) is 1. The number of esters is 1. The van der Waals surface area contributed by atoms with Crippen molar-refractivity contribution in [1.82, 2.24) is 0 Å². The highest BCUT2D eigenvalue weighted by atomic mass is 32.2. The van der Waals surface area contributed by atoms with Crippen LogP contribution in [0, 0.1) is 5.92 Å². The highest BCUT2D eigenvalue weighted by Gasteiger charge is 2.20. The average Bonchev–Trinajstić information content (AvgIpc) is 2.13. The number of likely N-dealkylation sites (N-methyl/N-ethyl adjacent to an activating group) is 1. The van der Waals surface area contributed by atoms with Gasteiger partial charge in [0.05, 0.1) is 26.6 Å². The fourth-order valence-electron chi connectivity index (χ4n) is 1.03. The number of quaternary nitrogens is 1. The van der Waals surface area contributed by atoms with Gasteiger partial charge in [0.25, 0.3) is 10.1 Å². The molecule has 0 aliphatic rings. The average molecular weight is 268 g/mol. The van der Waals surface area contributed by atoms with E-state index in [1.807, 2.05) is 14.1 Å². The van der Waals surface area contributed by atoms with Crippen LogP contribution in [0.5, 0.6) is 0 Å². The van der Waals surface area contributed by atoms with E-state index in [4.69, 9.17) is 9.29 Å². The minimum Gasteiger partial charge on any atom is -0.459 e. The Morgan fingerprint density at radius 1 is 1.29 bits per heavy atom. The third-order valence-corrected chi connectivity index (χ3v) is 3.07. The molecule has 0 aliphatic heterocycles. The molecule has 0 saturated heterocycles. The summed E-state index contributed by atoms with van der Waals surface area (Å²) in [7, 11) is -0.308. The van der Waals surface area contributed by atoms with Crippen molar-refractivity contribution in [2.75, 3.05) is 39.5 Å². The van der Waals surface area contributed by atoms with Gasteiger partial charge in [-0.3, -0.25) is 9.35 Å². The van der Waals surface area contributed by atoms with E-state index in [-0.39, 0.29) is 30.8 Å². The highest BCUT2D eigenvalue weighted by Crippen LogP contribution is 2.01. The number of nitrogens with zero attached hydrogens (tertiary/aromatic N) is 1. The number of rotatable bonds is 7. The lowest BCUT2D eigenvalue weighted by molar-refractivity contribution is -0.888. The van der Waals surface area contributed by atoms with Crippen LogP contribution >= 0.6 is 0 Å². The lowest BCUT2D eigenvalue weighted by Gasteiger charge is -2.29. The van der Waals surface area contributed by atoms with Crippen molar-refractivity contribution < 1.29 is 27.0 Å². The normalized spacial score (nSPS) is 12.8. The van der Waals surface area contributed by atoms with Crippen molar-refractivity contribution in [1.29, 1.82) is 0 Å². The van der Waals surface area contributed by atoms with Gasteiger partial charge in [0, 0.05) is 0 Å². The largest absolute Gasteiger partial charge is 0.459 e. The van der Waals surface area contributed by atoms with Crippen molar-refractivity contribution in [2.24, 2.45) is 5.92 Å². The third kappa shape index (κ3) is 9.08. The van der Waals surface area contributed by atoms with Crippen LogP contribution in [0.2, 0.25) is 0 Å². The molecule has 0 aromatic carbocycles. The molecule has 102 valence electrons. The Morgan fingerprint density at radius 3 is 2.24 bits per heavy atom. The van der Waals surface area contributed by atoms with Crippen LogP contribution in [0.1, 0.15) is 13.8 Å². The van der Waals surface area contributed by atoms with Crippen LogP contribution in [0.3, 0.4) is 0 Å². The van der Waals surface area contributed by atoms with Gasteiger partial charge in [-0.05, 0) is 0 Å². The Morgan fingerprint density at radius 2 is 1.82 bits per heavy atom. The molecule has 0 atom stereocenters. The van der Waals surface area contributed by atoms with Crippen molar-refractivity contribution in [3.63, 3.8) is 0 Å².